The van der Waals surface area contributed by atoms with E-state index in [2.05, 4.69) is 15.6 Å². The number of thioether (sulfide) groups is 1. The second-order valence-corrected chi connectivity index (χ2v) is 8.12. The van der Waals surface area contributed by atoms with Crippen molar-refractivity contribution in [2.75, 3.05) is 11.9 Å². The number of aryl methyl sites for hydroxylation is 1. The maximum atomic E-state index is 12.3. The van der Waals surface area contributed by atoms with Crippen LogP contribution in [0.5, 0.6) is 5.75 Å². The van der Waals surface area contributed by atoms with Gasteiger partial charge in [-0.05, 0) is 66.7 Å². The maximum Gasteiger partial charge on any atom is 0.264 e. The van der Waals surface area contributed by atoms with E-state index in [4.69, 9.17) is 4.74 Å². The lowest BCUT2D eigenvalue weighted by Crippen LogP contribution is -2.20. The number of para-hydroxylation sites is 1. The second kappa shape index (κ2) is 9.98. The molecule has 0 bridgehead atoms. The van der Waals surface area contributed by atoms with Gasteiger partial charge in [0.2, 0.25) is 0 Å². The van der Waals surface area contributed by atoms with E-state index < -0.39 is 0 Å². The third-order valence-electron chi connectivity index (χ3n) is 4.50. The van der Waals surface area contributed by atoms with Crippen molar-refractivity contribution in [1.82, 2.24) is 5.32 Å². The molecule has 1 fully saturated rings. The Labute approximate surface area is 190 Å². The number of amides is 2. The third kappa shape index (κ3) is 5.86. The van der Waals surface area contributed by atoms with Crippen LogP contribution in [0.25, 0.3) is 6.08 Å². The predicted octanol–water partition coefficient (Wildman–Crippen LogP) is 4.90. The molecule has 0 saturated carbocycles. The van der Waals surface area contributed by atoms with Gasteiger partial charge in [0.1, 0.15) is 5.75 Å². The van der Waals surface area contributed by atoms with Crippen LogP contribution >= 0.6 is 11.8 Å². The Balaban J connectivity index is 1.39. The van der Waals surface area contributed by atoms with Gasteiger partial charge in [-0.15, -0.1) is 0 Å². The molecular weight excluding hydrogens is 422 g/mol. The van der Waals surface area contributed by atoms with Crippen molar-refractivity contribution in [3.8, 4) is 5.75 Å². The highest BCUT2D eigenvalue weighted by Gasteiger charge is 2.23. The van der Waals surface area contributed by atoms with Gasteiger partial charge >= 0.3 is 0 Å². The summed E-state index contributed by atoms with van der Waals surface area (Å²) in [5.74, 6) is 0.0941. The number of hydrogen-bond acceptors (Lipinski definition) is 5. The largest absolute Gasteiger partial charge is 0.484 e. The van der Waals surface area contributed by atoms with Crippen LogP contribution in [-0.2, 0) is 9.59 Å². The molecule has 0 aromatic heterocycles. The Kier molecular flexibility index (Phi) is 6.67. The Morgan fingerprint density at radius 2 is 1.84 bits per heavy atom. The fraction of sp³-hybridized carbons (Fsp3) is 0.0800. The Bertz CT molecular complexity index is 1190. The van der Waals surface area contributed by atoms with Crippen molar-refractivity contribution in [3.05, 3.63) is 94.9 Å². The second-order valence-electron chi connectivity index (χ2n) is 7.09. The fourth-order valence-corrected chi connectivity index (χ4v) is 3.77. The lowest BCUT2D eigenvalue weighted by Gasteiger charge is -2.08. The van der Waals surface area contributed by atoms with Gasteiger partial charge in [-0.3, -0.25) is 9.59 Å². The van der Waals surface area contributed by atoms with Gasteiger partial charge in [-0.2, -0.15) is 0 Å². The molecule has 7 heteroatoms. The first-order valence-corrected chi connectivity index (χ1v) is 10.8. The van der Waals surface area contributed by atoms with Crippen LogP contribution in [0.4, 0.5) is 11.4 Å². The minimum atomic E-state index is -0.248. The van der Waals surface area contributed by atoms with E-state index in [1.54, 1.807) is 18.2 Å². The molecule has 0 atom stereocenters. The molecule has 6 nitrogen and oxygen atoms in total. The molecule has 1 saturated heterocycles. The number of nitrogens with one attached hydrogen (secondary N) is 2. The summed E-state index contributed by atoms with van der Waals surface area (Å²) >= 11 is 1.28. The first kappa shape index (κ1) is 21.4. The van der Waals surface area contributed by atoms with Crippen LogP contribution in [0.15, 0.2) is 88.8 Å². The van der Waals surface area contributed by atoms with E-state index in [0.29, 0.717) is 21.5 Å². The first-order valence-electron chi connectivity index (χ1n) is 9.99. The topological polar surface area (TPSA) is 79.8 Å². The molecule has 2 amide bonds. The van der Waals surface area contributed by atoms with E-state index in [1.807, 2.05) is 73.7 Å². The maximum absolute atomic E-state index is 12.3. The number of carbonyl (C=O) groups is 2. The fourth-order valence-electron chi connectivity index (χ4n) is 2.93. The molecule has 4 rings (SSSR count). The lowest BCUT2D eigenvalue weighted by molar-refractivity contribution is -0.118. The monoisotopic (exact) mass is 443 g/mol. The normalized spacial score (nSPS) is 15.6. The van der Waals surface area contributed by atoms with Crippen LogP contribution in [0.2, 0.25) is 0 Å². The number of aliphatic imine (C=N–C) groups is 1. The zero-order chi connectivity index (χ0) is 22.3. The summed E-state index contributed by atoms with van der Waals surface area (Å²) < 4.78 is 5.61. The van der Waals surface area contributed by atoms with Gasteiger partial charge in [0, 0.05) is 5.69 Å². The third-order valence-corrected chi connectivity index (χ3v) is 5.41. The van der Waals surface area contributed by atoms with E-state index in [0.717, 1.165) is 16.8 Å². The molecule has 0 radical (unpaired) electrons. The summed E-state index contributed by atoms with van der Waals surface area (Å²) in [6, 6.07) is 24.2. The van der Waals surface area contributed by atoms with Crippen molar-refractivity contribution >= 4 is 46.2 Å². The summed E-state index contributed by atoms with van der Waals surface area (Å²) in [5, 5.41) is 6.10. The number of amidine groups is 1. The molecule has 2 N–H and O–H groups in total. The van der Waals surface area contributed by atoms with Gasteiger partial charge < -0.3 is 15.4 Å². The number of benzene rings is 3. The molecule has 160 valence electrons. The minimum absolute atomic E-state index is 0.114. The van der Waals surface area contributed by atoms with Crippen molar-refractivity contribution < 1.29 is 14.3 Å². The quantitative estimate of drug-likeness (QED) is 0.531. The standard InChI is InChI=1S/C25H21N3O3S/c1-17-10-12-20(13-11-17)27-25-28-24(30)22(32-25)15-18-6-5-9-21(14-18)31-16-23(29)26-19-7-3-2-4-8-19/h2-15H,16H2,1H3,(H,26,29)(H,27,28,30)/b22-15-. The number of carbonyl (C=O) groups excluding carboxylic acids is 2. The van der Waals surface area contributed by atoms with Crippen LogP contribution in [-0.4, -0.2) is 23.6 Å². The van der Waals surface area contributed by atoms with E-state index in [-0.39, 0.29) is 18.4 Å². The molecule has 3 aromatic rings. The molecule has 0 spiro atoms. The molecule has 1 aliphatic heterocycles. The minimum Gasteiger partial charge on any atom is -0.484 e. The van der Waals surface area contributed by atoms with Crippen molar-refractivity contribution in [2.45, 2.75) is 6.92 Å². The summed E-state index contributed by atoms with van der Waals surface area (Å²) in [5.41, 5.74) is 3.44. The van der Waals surface area contributed by atoms with Gasteiger partial charge in [0.25, 0.3) is 11.8 Å². The molecule has 3 aromatic carbocycles. The van der Waals surface area contributed by atoms with Gasteiger partial charge in [0.15, 0.2) is 11.8 Å². The van der Waals surface area contributed by atoms with Crippen LogP contribution in [0.3, 0.4) is 0 Å². The smallest absolute Gasteiger partial charge is 0.264 e. The Hall–Kier alpha value is -3.84. The number of anilines is 1. The van der Waals surface area contributed by atoms with Crippen LogP contribution in [0, 0.1) is 6.92 Å². The number of nitrogens with zero attached hydrogens (tertiary/aromatic N) is 1. The van der Waals surface area contributed by atoms with Crippen molar-refractivity contribution in [1.29, 1.82) is 0 Å². The van der Waals surface area contributed by atoms with Crippen molar-refractivity contribution in [3.63, 3.8) is 0 Å². The lowest BCUT2D eigenvalue weighted by atomic mass is 10.2. The van der Waals surface area contributed by atoms with Gasteiger partial charge in [0.05, 0.1) is 10.6 Å². The molecule has 1 aliphatic rings. The van der Waals surface area contributed by atoms with E-state index >= 15 is 0 Å². The summed E-state index contributed by atoms with van der Waals surface area (Å²) in [6.45, 7) is 1.90. The summed E-state index contributed by atoms with van der Waals surface area (Å²) in [6.07, 6.45) is 1.77. The number of hydrogen-bond donors (Lipinski definition) is 2. The van der Waals surface area contributed by atoms with Crippen molar-refractivity contribution in [2.24, 2.45) is 4.99 Å². The Morgan fingerprint density at radius 1 is 1.06 bits per heavy atom. The van der Waals surface area contributed by atoms with E-state index in [9.17, 15) is 9.59 Å². The molecule has 0 unspecified atom stereocenters. The SMILES string of the molecule is Cc1ccc(N=C2NC(=O)/C(=C/c3cccc(OCC(=O)Nc4ccccc4)c3)S2)cc1. The molecular formula is C25H21N3O3S. The first-order chi connectivity index (χ1) is 15.5. The highest BCUT2D eigenvalue weighted by atomic mass is 32.2. The average molecular weight is 444 g/mol. The predicted molar refractivity (Wildman–Crippen MR) is 129 cm³/mol. The van der Waals surface area contributed by atoms with Gasteiger partial charge in [-0.25, -0.2) is 4.99 Å². The molecule has 1 heterocycles. The highest BCUT2D eigenvalue weighted by molar-refractivity contribution is 8.18. The summed E-state index contributed by atoms with van der Waals surface area (Å²) in [7, 11) is 0. The molecule has 32 heavy (non-hydrogen) atoms. The average Bonchev–Trinajstić information content (AvgIpc) is 3.13. The highest BCUT2D eigenvalue weighted by Crippen LogP contribution is 2.28. The van der Waals surface area contributed by atoms with Crippen LogP contribution in [0.1, 0.15) is 11.1 Å². The number of rotatable bonds is 6. The van der Waals surface area contributed by atoms with Crippen LogP contribution < -0.4 is 15.4 Å². The Morgan fingerprint density at radius 3 is 2.62 bits per heavy atom. The zero-order valence-corrected chi connectivity index (χ0v) is 18.2. The van der Waals surface area contributed by atoms with E-state index in [1.165, 1.54) is 11.8 Å². The van der Waals surface area contributed by atoms with Gasteiger partial charge in [-0.1, -0.05) is 48.0 Å². The zero-order valence-electron chi connectivity index (χ0n) is 17.4. The molecule has 0 aliphatic carbocycles. The summed E-state index contributed by atoms with van der Waals surface area (Å²) in [4.78, 5) is 29.4. The number of ether oxygens (including phenoxy) is 1.